The van der Waals surface area contributed by atoms with Crippen LogP contribution in [0.3, 0.4) is 0 Å². The van der Waals surface area contributed by atoms with Gasteiger partial charge in [-0.2, -0.15) is 18.4 Å². The molecule has 1 spiro atoms. The van der Waals surface area contributed by atoms with Gasteiger partial charge in [-0.1, -0.05) is 19.9 Å². The second-order valence-corrected chi connectivity index (χ2v) is 11.8. The summed E-state index contributed by atoms with van der Waals surface area (Å²) in [4.78, 5) is 21.9. The largest absolute Gasteiger partial charge is 0.436 e. The molecule has 0 aliphatic carbocycles. The SMILES string of the molecule is CC(C)c1cc(C#N)cc2nc(-c3ccc(C(=O)N4CCC5(CCN(c6cccc(C(F)(F)F)c6)CC5)C4)cc3)oc12. The number of amides is 1. The van der Waals surface area contributed by atoms with Crippen LogP contribution < -0.4 is 4.90 Å². The van der Waals surface area contributed by atoms with Crippen LogP contribution in [0.15, 0.2) is 65.1 Å². The smallest absolute Gasteiger partial charge is 0.416 e. The van der Waals surface area contributed by atoms with Crippen LogP contribution >= 0.6 is 0 Å². The van der Waals surface area contributed by atoms with Gasteiger partial charge in [0.15, 0.2) is 5.58 Å². The molecule has 216 valence electrons. The minimum absolute atomic E-state index is 0.0116. The van der Waals surface area contributed by atoms with Gasteiger partial charge in [0.05, 0.1) is 17.2 Å². The van der Waals surface area contributed by atoms with Gasteiger partial charge in [-0.05, 0) is 85.2 Å². The number of hydrogen-bond acceptors (Lipinski definition) is 5. The van der Waals surface area contributed by atoms with E-state index in [0.717, 1.165) is 36.5 Å². The van der Waals surface area contributed by atoms with Crippen molar-refractivity contribution in [3.8, 4) is 17.5 Å². The predicted molar refractivity (Wildman–Crippen MR) is 154 cm³/mol. The molecular weight excluding hydrogens is 541 g/mol. The molecule has 1 aromatic heterocycles. The number of nitriles is 1. The van der Waals surface area contributed by atoms with E-state index in [1.807, 2.05) is 41.8 Å². The van der Waals surface area contributed by atoms with Crippen molar-refractivity contribution in [2.75, 3.05) is 31.1 Å². The van der Waals surface area contributed by atoms with Crippen LogP contribution in [0.4, 0.5) is 18.9 Å². The van der Waals surface area contributed by atoms with Crippen molar-refractivity contribution < 1.29 is 22.4 Å². The molecule has 1 amide bonds. The van der Waals surface area contributed by atoms with Crippen LogP contribution in [0.1, 0.15) is 66.1 Å². The van der Waals surface area contributed by atoms with E-state index in [2.05, 4.69) is 11.1 Å². The number of fused-ring (bicyclic) bond motifs is 1. The highest BCUT2D eigenvalue weighted by atomic mass is 19.4. The summed E-state index contributed by atoms with van der Waals surface area (Å²) in [5.74, 6) is 0.573. The Bertz CT molecular complexity index is 1680. The van der Waals surface area contributed by atoms with Crippen molar-refractivity contribution in [1.82, 2.24) is 9.88 Å². The Balaban J connectivity index is 1.12. The van der Waals surface area contributed by atoms with Crippen molar-refractivity contribution >= 4 is 22.7 Å². The van der Waals surface area contributed by atoms with Gasteiger partial charge in [0.2, 0.25) is 5.89 Å². The molecule has 0 atom stereocenters. The zero-order valence-electron chi connectivity index (χ0n) is 23.5. The van der Waals surface area contributed by atoms with Gasteiger partial charge >= 0.3 is 6.18 Å². The van der Waals surface area contributed by atoms with Gasteiger partial charge in [-0.25, -0.2) is 4.98 Å². The van der Waals surface area contributed by atoms with Crippen LogP contribution in [0.2, 0.25) is 0 Å². The predicted octanol–water partition coefficient (Wildman–Crippen LogP) is 7.64. The maximum absolute atomic E-state index is 13.4. The molecule has 0 saturated carbocycles. The Morgan fingerprint density at radius 2 is 1.74 bits per heavy atom. The summed E-state index contributed by atoms with van der Waals surface area (Å²) in [6.45, 7) is 6.72. The van der Waals surface area contributed by atoms with Crippen LogP contribution in [0.5, 0.6) is 0 Å². The molecule has 6 rings (SSSR count). The Kier molecular flexibility index (Phi) is 6.96. The van der Waals surface area contributed by atoms with E-state index in [1.165, 1.54) is 12.1 Å². The standard InChI is InChI=1S/C33H31F3N4O2/c1-21(2)27-16-22(19-37)17-28-29(27)42-30(38-28)23-6-8-24(9-7-23)31(41)40-15-12-32(20-40)10-13-39(14-11-32)26-5-3-4-25(18-26)33(34,35)36/h3-9,16-18,21H,10-15,20H2,1-2H3. The topological polar surface area (TPSA) is 73.4 Å². The molecule has 0 unspecified atom stereocenters. The molecule has 2 saturated heterocycles. The summed E-state index contributed by atoms with van der Waals surface area (Å²) in [6.07, 6.45) is -1.82. The molecule has 9 heteroatoms. The Labute approximate surface area is 242 Å². The summed E-state index contributed by atoms with van der Waals surface area (Å²) in [5, 5.41) is 9.39. The fraction of sp³-hybridized carbons (Fsp3) is 0.364. The molecule has 42 heavy (non-hydrogen) atoms. The molecule has 0 bridgehead atoms. The number of anilines is 1. The molecule has 3 aromatic carbocycles. The van der Waals surface area contributed by atoms with E-state index in [0.29, 0.717) is 60.0 Å². The first kappa shape index (κ1) is 27.8. The number of oxazole rings is 1. The third-order valence-corrected chi connectivity index (χ3v) is 8.74. The Morgan fingerprint density at radius 3 is 2.40 bits per heavy atom. The van der Waals surface area contributed by atoms with Crippen LogP contribution in [0.25, 0.3) is 22.6 Å². The number of rotatable bonds is 4. The molecule has 4 aromatic rings. The number of benzene rings is 3. The number of carbonyl (C=O) groups excluding carboxylic acids is 1. The summed E-state index contributed by atoms with van der Waals surface area (Å²) in [5.41, 5.74) is 4.05. The lowest BCUT2D eigenvalue weighted by Crippen LogP contribution is -2.42. The highest BCUT2D eigenvalue weighted by molar-refractivity contribution is 5.95. The van der Waals surface area contributed by atoms with E-state index in [4.69, 9.17) is 4.42 Å². The number of aromatic nitrogens is 1. The number of halogens is 3. The van der Waals surface area contributed by atoms with Gasteiger partial charge in [0, 0.05) is 48.6 Å². The van der Waals surface area contributed by atoms with Gasteiger partial charge in [-0.15, -0.1) is 0 Å². The molecule has 3 heterocycles. The van der Waals surface area contributed by atoms with Crippen molar-refractivity contribution in [3.05, 3.63) is 82.9 Å². The third kappa shape index (κ3) is 5.22. The lowest BCUT2D eigenvalue weighted by Gasteiger charge is -2.40. The fourth-order valence-electron chi connectivity index (χ4n) is 6.25. The highest BCUT2D eigenvalue weighted by Gasteiger charge is 2.42. The zero-order chi connectivity index (χ0) is 29.6. The highest BCUT2D eigenvalue weighted by Crippen LogP contribution is 2.42. The number of carbonyl (C=O) groups is 1. The maximum atomic E-state index is 13.4. The van der Waals surface area contributed by atoms with Crippen LogP contribution in [0, 0.1) is 16.7 Å². The fourth-order valence-corrected chi connectivity index (χ4v) is 6.25. The molecule has 2 fully saturated rings. The first-order valence-corrected chi connectivity index (χ1v) is 14.2. The van der Waals surface area contributed by atoms with Crippen LogP contribution in [-0.2, 0) is 6.18 Å². The normalized spacial score (nSPS) is 16.9. The minimum atomic E-state index is -4.36. The van der Waals surface area contributed by atoms with Crippen molar-refractivity contribution in [1.29, 1.82) is 5.26 Å². The molecule has 2 aliphatic rings. The summed E-state index contributed by atoms with van der Waals surface area (Å²) >= 11 is 0. The van der Waals surface area contributed by atoms with Gasteiger partial charge in [0.25, 0.3) is 5.91 Å². The second kappa shape index (κ2) is 10.5. The van der Waals surface area contributed by atoms with Crippen LogP contribution in [-0.4, -0.2) is 42.0 Å². The average molecular weight is 573 g/mol. The first-order valence-electron chi connectivity index (χ1n) is 14.2. The van der Waals surface area contributed by atoms with E-state index in [1.54, 1.807) is 24.3 Å². The zero-order valence-corrected chi connectivity index (χ0v) is 23.5. The van der Waals surface area contributed by atoms with Crippen molar-refractivity contribution in [3.63, 3.8) is 0 Å². The number of nitrogens with zero attached hydrogens (tertiary/aromatic N) is 4. The van der Waals surface area contributed by atoms with E-state index < -0.39 is 11.7 Å². The van der Waals surface area contributed by atoms with Gasteiger partial charge < -0.3 is 14.2 Å². The summed E-state index contributed by atoms with van der Waals surface area (Å²) in [7, 11) is 0. The number of hydrogen-bond donors (Lipinski definition) is 0. The lowest BCUT2D eigenvalue weighted by molar-refractivity contribution is -0.137. The Morgan fingerprint density at radius 1 is 1.02 bits per heavy atom. The monoisotopic (exact) mass is 572 g/mol. The quantitative estimate of drug-likeness (QED) is 0.251. The second-order valence-electron chi connectivity index (χ2n) is 11.8. The summed E-state index contributed by atoms with van der Waals surface area (Å²) in [6, 6.07) is 18.5. The van der Waals surface area contributed by atoms with Gasteiger partial charge in [-0.3, -0.25) is 4.79 Å². The average Bonchev–Trinajstić information content (AvgIpc) is 3.61. The van der Waals surface area contributed by atoms with E-state index in [9.17, 15) is 23.2 Å². The number of alkyl halides is 3. The van der Waals surface area contributed by atoms with Crippen molar-refractivity contribution in [2.24, 2.45) is 5.41 Å². The van der Waals surface area contributed by atoms with Gasteiger partial charge in [0.1, 0.15) is 5.52 Å². The molecule has 0 radical (unpaired) electrons. The van der Waals surface area contributed by atoms with E-state index >= 15 is 0 Å². The number of piperidine rings is 1. The molecule has 0 N–H and O–H groups in total. The molecule has 6 nitrogen and oxygen atoms in total. The lowest BCUT2D eigenvalue weighted by atomic mass is 9.77. The molecular formula is C33H31F3N4O2. The minimum Gasteiger partial charge on any atom is -0.436 e. The summed E-state index contributed by atoms with van der Waals surface area (Å²) < 4.78 is 45.6. The van der Waals surface area contributed by atoms with Crippen molar-refractivity contribution in [2.45, 2.75) is 45.2 Å². The first-order chi connectivity index (χ1) is 20.0. The maximum Gasteiger partial charge on any atom is 0.416 e. The third-order valence-electron chi connectivity index (χ3n) is 8.74. The Hall–Kier alpha value is -4.32. The van der Waals surface area contributed by atoms with E-state index in [-0.39, 0.29) is 17.2 Å². The number of likely N-dealkylation sites (tertiary alicyclic amines) is 1. The molecule has 2 aliphatic heterocycles.